The molecule has 1 amide bonds. The van der Waals surface area contributed by atoms with Gasteiger partial charge in [0.2, 0.25) is 5.91 Å². The molecule has 0 spiro atoms. The zero-order valence-corrected chi connectivity index (χ0v) is 13.5. The van der Waals surface area contributed by atoms with Gasteiger partial charge < -0.3 is 5.32 Å². The molecule has 0 heterocycles. The largest absolute Gasteiger partial charge is 0.325 e. The smallest absolute Gasteiger partial charge is 0.224 e. The minimum Gasteiger partial charge on any atom is -0.325 e. The van der Waals surface area contributed by atoms with Crippen molar-refractivity contribution in [2.45, 2.75) is 34.1 Å². The lowest BCUT2D eigenvalue weighted by atomic mass is 9.80. The van der Waals surface area contributed by atoms with Gasteiger partial charge in [-0.25, -0.2) is 0 Å². The maximum atomic E-state index is 12.0. The van der Waals surface area contributed by atoms with Crippen LogP contribution < -0.4 is 5.32 Å². The second-order valence-corrected chi connectivity index (χ2v) is 6.82. The molecule has 1 aromatic rings. The molecule has 0 aliphatic rings. The van der Waals surface area contributed by atoms with Crippen LogP contribution in [-0.2, 0) is 4.79 Å². The first-order valence-corrected chi connectivity index (χ1v) is 7.12. The second kappa shape index (κ2) is 6.07. The van der Waals surface area contributed by atoms with Crippen LogP contribution in [0.25, 0.3) is 0 Å². The SMILES string of the molecule is CC(CC(=O)Nc1cccc(Cl)c1Br)C(C)(C)C. The third-order valence-corrected chi connectivity index (χ3v) is 4.59. The zero-order chi connectivity index (χ0) is 13.9. The molecule has 1 rings (SSSR count). The van der Waals surface area contributed by atoms with Gasteiger partial charge in [-0.15, -0.1) is 0 Å². The Morgan fingerprint density at radius 3 is 2.61 bits per heavy atom. The summed E-state index contributed by atoms with van der Waals surface area (Å²) in [7, 11) is 0. The molecule has 1 unspecified atom stereocenters. The van der Waals surface area contributed by atoms with Crippen LogP contribution in [0, 0.1) is 11.3 Å². The fourth-order valence-corrected chi connectivity index (χ4v) is 1.92. The standard InChI is InChI=1S/C14H19BrClNO/c1-9(14(2,3)4)8-12(18)17-11-7-5-6-10(16)13(11)15/h5-7,9H,8H2,1-4H3,(H,17,18). The summed E-state index contributed by atoms with van der Waals surface area (Å²) in [6.45, 7) is 8.51. The topological polar surface area (TPSA) is 29.1 Å². The molecule has 0 saturated heterocycles. The molecule has 100 valence electrons. The van der Waals surface area contributed by atoms with Crippen molar-refractivity contribution < 1.29 is 4.79 Å². The fourth-order valence-electron chi connectivity index (χ4n) is 1.39. The van der Waals surface area contributed by atoms with Crippen molar-refractivity contribution in [3.63, 3.8) is 0 Å². The Morgan fingerprint density at radius 2 is 2.06 bits per heavy atom. The maximum Gasteiger partial charge on any atom is 0.224 e. The molecule has 2 nitrogen and oxygen atoms in total. The third-order valence-electron chi connectivity index (χ3n) is 3.20. The highest BCUT2D eigenvalue weighted by Gasteiger charge is 2.22. The Balaban J connectivity index is 2.69. The van der Waals surface area contributed by atoms with E-state index in [1.807, 2.05) is 12.1 Å². The Kier molecular flexibility index (Phi) is 5.23. The van der Waals surface area contributed by atoms with Gasteiger partial charge in [0.15, 0.2) is 0 Å². The van der Waals surface area contributed by atoms with Gasteiger partial charge >= 0.3 is 0 Å². The second-order valence-electron chi connectivity index (χ2n) is 5.62. The first-order valence-electron chi connectivity index (χ1n) is 5.95. The zero-order valence-electron chi connectivity index (χ0n) is 11.2. The Hall–Kier alpha value is -0.540. The molecule has 18 heavy (non-hydrogen) atoms. The number of hydrogen-bond donors (Lipinski definition) is 1. The van der Waals surface area contributed by atoms with Crippen molar-refractivity contribution in [3.8, 4) is 0 Å². The summed E-state index contributed by atoms with van der Waals surface area (Å²) in [4.78, 5) is 12.0. The van der Waals surface area contributed by atoms with Gasteiger partial charge in [0.25, 0.3) is 0 Å². The van der Waals surface area contributed by atoms with E-state index in [2.05, 4.69) is 48.9 Å². The molecule has 1 aromatic carbocycles. The number of carbonyl (C=O) groups is 1. The van der Waals surface area contributed by atoms with Crippen molar-refractivity contribution in [1.82, 2.24) is 0 Å². The predicted molar refractivity (Wildman–Crippen MR) is 81.0 cm³/mol. The van der Waals surface area contributed by atoms with E-state index in [9.17, 15) is 4.79 Å². The molecule has 0 aliphatic heterocycles. The summed E-state index contributed by atoms with van der Waals surface area (Å²) in [5.74, 6) is 0.329. The van der Waals surface area contributed by atoms with Crippen LogP contribution in [0.3, 0.4) is 0 Å². The first-order chi connectivity index (χ1) is 8.21. The Morgan fingerprint density at radius 1 is 1.44 bits per heavy atom. The highest BCUT2D eigenvalue weighted by molar-refractivity contribution is 9.10. The van der Waals surface area contributed by atoms with Crippen molar-refractivity contribution in [2.24, 2.45) is 11.3 Å². The number of hydrogen-bond acceptors (Lipinski definition) is 1. The number of nitrogens with one attached hydrogen (secondary N) is 1. The van der Waals surface area contributed by atoms with Gasteiger partial charge in [-0.3, -0.25) is 4.79 Å². The summed E-state index contributed by atoms with van der Waals surface area (Å²) in [6, 6.07) is 5.42. The van der Waals surface area contributed by atoms with Gasteiger partial charge in [-0.2, -0.15) is 0 Å². The molecule has 4 heteroatoms. The number of carbonyl (C=O) groups excluding carboxylic acids is 1. The van der Waals surface area contributed by atoms with Gasteiger partial charge in [0.1, 0.15) is 0 Å². The van der Waals surface area contributed by atoms with E-state index in [-0.39, 0.29) is 11.3 Å². The quantitative estimate of drug-likeness (QED) is 0.818. The van der Waals surface area contributed by atoms with E-state index in [0.29, 0.717) is 23.0 Å². The molecule has 1 N–H and O–H groups in total. The summed E-state index contributed by atoms with van der Waals surface area (Å²) in [6.07, 6.45) is 0.502. The van der Waals surface area contributed by atoms with Crippen molar-refractivity contribution in [1.29, 1.82) is 0 Å². The summed E-state index contributed by atoms with van der Waals surface area (Å²) < 4.78 is 0.725. The van der Waals surface area contributed by atoms with Crippen LogP contribution in [0.4, 0.5) is 5.69 Å². The van der Waals surface area contributed by atoms with Crippen molar-refractivity contribution in [2.75, 3.05) is 5.32 Å². The van der Waals surface area contributed by atoms with Crippen LogP contribution in [0.15, 0.2) is 22.7 Å². The molecule has 0 bridgehead atoms. The number of halogens is 2. The van der Waals surface area contributed by atoms with Crippen LogP contribution in [0.2, 0.25) is 5.02 Å². The van der Waals surface area contributed by atoms with Crippen molar-refractivity contribution in [3.05, 3.63) is 27.7 Å². The molecule has 0 aromatic heterocycles. The van der Waals surface area contributed by atoms with Gasteiger partial charge in [-0.05, 0) is 39.4 Å². The molecule has 0 saturated carbocycles. The number of amides is 1. The predicted octanol–water partition coefficient (Wildman–Crippen LogP) is 5.11. The normalized spacial score (nSPS) is 13.2. The molecular weight excluding hydrogens is 314 g/mol. The van der Waals surface area contributed by atoms with E-state index >= 15 is 0 Å². The van der Waals surface area contributed by atoms with Crippen molar-refractivity contribution >= 4 is 39.1 Å². The Labute approximate surface area is 122 Å². The molecule has 0 fully saturated rings. The average molecular weight is 333 g/mol. The summed E-state index contributed by atoms with van der Waals surface area (Å²) in [5, 5.41) is 3.48. The van der Waals surface area contributed by atoms with Gasteiger partial charge in [-0.1, -0.05) is 45.4 Å². The lowest BCUT2D eigenvalue weighted by molar-refractivity contribution is -0.117. The van der Waals surface area contributed by atoms with E-state index in [4.69, 9.17) is 11.6 Å². The van der Waals surface area contributed by atoms with E-state index in [0.717, 1.165) is 4.47 Å². The van der Waals surface area contributed by atoms with E-state index in [1.54, 1.807) is 6.07 Å². The minimum absolute atomic E-state index is 0.0143. The fraction of sp³-hybridized carbons (Fsp3) is 0.500. The summed E-state index contributed by atoms with van der Waals surface area (Å²) >= 11 is 9.35. The molecule has 0 radical (unpaired) electrons. The van der Waals surface area contributed by atoms with Crippen LogP contribution in [0.5, 0.6) is 0 Å². The minimum atomic E-state index is 0.0143. The van der Waals surface area contributed by atoms with Crippen LogP contribution in [-0.4, -0.2) is 5.91 Å². The molecule has 0 aliphatic carbocycles. The Bertz CT molecular complexity index is 440. The average Bonchev–Trinajstić information content (AvgIpc) is 2.23. The van der Waals surface area contributed by atoms with Crippen LogP contribution in [0.1, 0.15) is 34.1 Å². The van der Waals surface area contributed by atoms with Gasteiger partial charge in [0, 0.05) is 6.42 Å². The number of rotatable bonds is 3. The highest BCUT2D eigenvalue weighted by Crippen LogP contribution is 2.31. The third kappa shape index (κ3) is 4.29. The van der Waals surface area contributed by atoms with E-state index < -0.39 is 0 Å². The lowest BCUT2D eigenvalue weighted by Crippen LogP contribution is -2.24. The van der Waals surface area contributed by atoms with Crippen LogP contribution >= 0.6 is 27.5 Å². The lowest BCUT2D eigenvalue weighted by Gasteiger charge is -2.26. The number of benzene rings is 1. The van der Waals surface area contributed by atoms with E-state index in [1.165, 1.54) is 0 Å². The maximum absolute atomic E-state index is 12.0. The molecular formula is C14H19BrClNO. The highest BCUT2D eigenvalue weighted by atomic mass is 79.9. The monoisotopic (exact) mass is 331 g/mol. The first kappa shape index (κ1) is 15.5. The summed E-state index contributed by atoms with van der Waals surface area (Å²) in [5.41, 5.74) is 0.844. The molecule has 1 atom stereocenters. The van der Waals surface area contributed by atoms with Gasteiger partial charge in [0.05, 0.1) is 15.2 Å². The number of anilines is 1.